The second-order valence-electron chi connectivity index (χ2n) is 14.7. The zero-order valence-corrected chi connectivity index (χ0v) is 38.8. The predicted molar refractivity (Wildman–Crippen MR) is 232 cm³/mol. The quantitative estimate of drug-likeness (QED) is 0.0351. The van der Waals surface area contributed by atoms with Gasteiger partial charge in [-0.25, -0.2) is 8.42 Å². The Labute approximate surface area is 383 Å². The molecule has 0 fully saturated rings. The van der Waals surface area contributed by atoms with Crippen LogP contribution in [0.25, 0.3) is 0 Å². The van der Waals surface area contributed by atoms with Gasteiger partial charge in [-0.2, -0.15) is 8.42 Å². The number of ether oxygens (including phenoxy) is 2. The molecule has 0 atom stereocenters. The number of rotatable bonds is 26. The van der Waals surface area contributed by atoms with E-state index in [0.29, 0.717) is 24.3 Å². The number of benzene rings is 4. The van der Waals surface area contributed by atoms with E-state index in [9.17, 15) is 36.2 Å². The Balaban J connectivity index is 0.000000400. The first-order valence-corrected chi connectivity index (χ1v) is 23.8. The monoisotopic (exact) mass is 878 g/mol. The molecule has 0 aliphatic rings. The van der Waals surface area contributed by atoms with Gasteiger partial charge in [-0.05, 0) is 67.6 Å². The first-order valence-electron chi connectivity index (χ1n) is 20.9. The van der Waals surface area contributed by atoms with E-state index in [0.717, 1.165) is 38.5 Å². The van der Waals surface area contributed by atoms with Crippen LogP contribution in [0.1, 0.15) is 141 Å². The topological polar surface area (TPSA) is 173 Å². The Morgan fingerprint density at radius 3 is 1.29 bits per heavy atom. The molecule has 4 rings (SSSR count). The molecule has 0 amide bonds. The van der Waals surface area contributed by atoms with Crippen LogP contribution < -0.4 is 14.6 Å². The number of hydrogen-bond donors (Lipinski definition) is 2. The van der Waals surface area contributed by atoms with Crippen molar-refractivity contribution in [2.24, 2.45) is 0 Å². The molecule has 0 aliphatic heterocycles. The van der Waals surface area contributed by atoms with Crippen molar-refractivity contribution < 1.29 is 45.6 Å². The number of phenolic OH excluding ortho intramolecular Hbond substituents is 1. The predicted octanol–water partition coefficient (Wildman–Crippen LogP) is 11.7. The average molecular weight is 879 g/mol. The summed E-state index contributed by atoms with van der Waals surface area (Å²) in [6.45, 7) is 4.40. The normalized spacial score (nSPS) is 11.3. The number of aromatic hydroxyl groups is 1. The minimum Gasteiger partial charge on any atom is -0.872 e. The van der Waals surface area contributed by atoms with E-state index in [4.69, 9.17) is 9.47 Å². The number of phenols is 1. The molecule has 0 saturated heterocycles. The molecule has 0 aliphatic carbocycles. The summed E-state index contributed by atoms with van der Waals surface area (Å²) in [7, 11) is -9.23. The van der Waals surface area contributed by atoms with Gasteiger partial charge in [0.2, 0.25) is 0 Å². The van der Waals surface area contributed by atoms with Crippen LogP contribution in [0.15, 0.2) is 94.7 Å². The standard InChI is InChI=1S/2C23H32O5S.Ca/c2*1-2-3-4-5-6-7-8-9-13-16-21-22(24)17-20(18-23(21)29(25,26)27)28-19-14-11-10-12-15-19;/h2*10-12,14-15,17-18,24H,2-9,13,16H2,1H3,(H,25,26,27);/q;;+2/p-2. The molecule has 10 nitrogen and oxygen atoms in total. The third-order valence-electron chi connectivity index (χ3n) is 9.87. The molecule has 4 aromatic rings. The van der Waals surface area contributed by atoms with Gasteiger partial charge in [0.25, 0.3) is 10.1 Å². The fourth-order valence-corrected chi connectivity index (χ4v) is 8.29. The zero-order valence-electron chi connectivity index (χ0n) is 34.9. The van der Waals surface area contributed by atoms with Crippen LogP contribution in [0.3, 0.4) is 0 Å². The Hall–Kier alpha value is -2.84. The molecule has 13 heteroatoms. The third kappa shape index (κ3) is 20.5. The molecule has 2 N–H and O–H groups in total. The summed E-state index contributed by atoms with van der Waals surface area (Å²) in [5, 5.41) is 22.9. The SMILES string of the molecule is CCCCCCCCCCCc1c(O)cc(Oc2ccccc2)cc1S(=O)(=O)O.CCCCCCCCCCCc1c([O-])cc(Oc2ccccc2)cc1S(=O)(=O)[O-].[Ca+2]. The van der Waals surface area contributed by atoms with Crippen molar-refractivity contribution in [2.45, 2.75) is 152 Å². The minimum absolute atomic E-state index is 0. The Morgan fingerprint density at radius 1 is 0.508 bits per heavy atom. The van der Waals surface area contributed by atoms with Crippen molar-refractivity contribution in [3.8, 4) is 34.5 Å². The van der Waals surface area contributed by atoms with Gasteiger partial charge >= 0.3 is 37.7 Å². The van der Waals surface area contributed by atoms with Crippen LogP contribution in [-0.2, 0) is 33.1 Å². The van der Waals surface area contributed by atoms with Crippen LogP contribution in [0.5, 0.6) is 34.5 Å². The van der Waals surface area contributed by atoms with Gasteiger partial charge in [0, 0.05) is 17.7 Å². The summed E-state index contributed by atoms with van der Waals surface area (Å²) in [6.07, 6.45) is 21.0. The molecule has 0 spiro atoms. The van der Waals surface area contributed by atoms with Gasteiger partial charge in [0.1, 0.15) is 43.8 Å². The number of unbranched alkanes of at least 4 members (excludes halogenated alkanes) is 16. The van der Waals surface area contributed by atoms with Crippen LogP contribution in [0, 0.1) is 0 Å². The first-order chi connectivity index (χ1) is 27.8. The van der Waals surface area contributed by atoms with Crippen LogP contribution in [0.4, 0.5) is 0 Å². The minimum atomic E-state index is -4.76. The summed E-state index contributed by atoms with van der Waals surface area (Å²) in [4.78, 5) is -0.751. The Kier molecular flexibility index (Phi) is 25.4. The molecular weight excluding hydrogens is 817 g/mol. The van der Waals surface area contributed by atoms with Crippen molar-refractivity contribution in [3.05, 3.63) is 96.1 Å². The van der Waals surface area contributed by atoms with Gasteiger partial charge in [-0.15, -0.1) is 5.75 Å². The molecule has 0 heterocycles. The van der Waals surface area contributed by atoms with E-state index < -0.39 is 30.9 Å². The average Bonchev–Trinajstić information content (AvgIpc) is 3.18. The largest absolute Gasteiger partial charge is 2.00 e. The smallest absolute Gasteiger partial charge is 0.872 e. The van der Waals surface area contributed by atoms with E-state index in [1.54, 1.807) is 48.5 Å². The third-order valence-corrected chi connectivity index (χ3v) is 11.7. The molecule has 0 radical (unpaired) electrons. The van der Waals surface area contributed by atoms with E-state index in [1.807, 2.05) is 12.1 Å². The summed E-state index contributed by atoms with van der Waals surface area (Å²) < 4.78 is 79.7. The maximum atomic E-state index is 12.5. The number of hydrogen-bond acceptors (Lipinski definition) is 9. The molecule has 0 aromatic heterocycles. The molecule has 0 saturated carbocycles. The van der Waals surface area contributed by atoms with E-state index >= 15 is 0 Å². The summed E-state index contributed by atoms with van der Waals surface area (Å²) >= 11 is 0. The molecule has 0 unspecified atom stereocenters. The van der Waals surface area contributed by atoms with Crippen molar-refractivity contribution in [2.75, 3.05) is 0 Å². The van der Waals surface area contributed by atoms with E-state index in [2.05, 4.69) is 13.8 Å². The second-order valence-corrected chi connectivity index (χ2v) is 17.5. The molecule has 4 aromatic carbocycles. The van der Waals surface area contributed by atoms with Gasteiger partial charge in [0.15, 0.2) is 0 Å². The van der Waals surface area contributed by atoms with Gasteiger partial charge in [0.05, 0.1) is 4.90 Å². The van der Waals surface area contributed by atoms with Crippen LogP contribution in [-0.4, -0.2) is 68.8 Å². The first kappa shape index (κ1) is 52.3. The molecule has 0 bridgehead atoms. The summed E-state index contributed by atoms with van der Waals surface area (Å²) in [5.74, 6) is 0.564. The van der Waals surface area contributed by atoms with Gasteiger partial charge in [-0.1, -0.05) is 153 Å². The molecule has 59 heavy (non-hydrogen) atoms. The van der Waals surface area contributed by atoms with Crippen molar-refractivity contribution in [1.29, 1.82) is 0 Å². The van der Waals surface area contributed by atoms with E-state index in [-0.39, 0.29) is 77.4 Å². The summed E-state index contributed by atoms with van der Waals surface area (Å²) in [5.41, 5.74) is 0.319. The zero-order chi connectivity index (χ0) is 42.2. The fourth-order valence-electron chi connectivity index (χ4n) is 6.74. The van der Waals surface area contributed by atoms with E-state index in [1.165, 1.54) is 94.9 Å². The number of para-hydroxylation sites is 2. The maximum absolute atomic E-state index is 12.5. The second kappa shape index (κ2) is 28.6. The molecular formula is C46H62CaO10S2. The Bertz CT molecular complexity index is 1850. The van der Waals surface area contributed by atoms with Crippen molar-refractivity contribution >= 4 is 58.0 Å². The van der Waals surface area contributed by atoms with Crippen LogP contribution >= 0.6 is 0 Å². The van der Waals surface area contributed by atoms with Crippen molar-refractivity contribution in [1.82, 2.24) is 0 Å². The summed E-state index contributed by atoms with van der Waals surface area (Å²) in [6, 6.07) is 22.6. The van der Waals surface area contributed by atoms with Crippen molar-refractivity contribution in [3.63, 3.8) is 0 Å². The van der Waals surface area contributed by atoms with Crippen LogP contribution in [0.2, 0.25) is 0 Å². The Morgan fingerprint density at radius 2 is 0.881 bits per heavy atom. The fraction of sp³-hybridized carbons (Fsp3) is 0.478. The van der Waals surface area contributed by atoms with Gasteiger partial charge < -0.3 is 24.2 Å². The van der Waals surface area contributed by atoms with Gasteiger partial charge in [-0.3, -0.25) is 4.55 Å². The molecule has 320 valence electrons. The maximum Gasteiger partial charge on any atom is 2.00 e.